The Morgan fingerprint density at radius 2 is 2.06 bits per heavy atom. The molecule has 2 aromatic rings. The molecular formula is C9H7Cl2N5. The van der Waals surface area contributed by atoms with Crippen LogP contribution in [0.3, 0.4) is 0 Å². The number of anilines is 1. The first-order valence-corrected chi connectivity index (χ1v) is 5.11. The van der Waals surface area contributed by atoms with Crippen LogP contribution in [0.4, 0.5) is 5.95 Å². The summed E-state index contributed by atoms with van der Waals surface area (Å²) < 4.78 is 0. The summed E-state index contributed by atoms with van der Waals surface area (Å²) in [4.78, 5) is 3.83. The minimum Gasteiger partial charge on any atom is -0.246 e. The molecule has 16 heavy (non-hydrogen) atoms. The molecule has 0 spiro atoms. The van der Waals surface area contributed by atoms with Crippen molar-refractivity contribution in [1.82, 2.24) is 15.2 Å². The second-order valence-electron chi connectivity index (χ2n) is 2.84. The molecule has 0 aliphatic rings. The number of H-pyrrole nitrogens is 1. The minimum absolute atomic E-state index is 0.444. The van der Waals surface area contributed by atoms with E-state index in [0.29, 0.717) is 21.6 Å². The van der Waals surface area contributed by atoms with Gasteiger partial charge in [-0.2, -0.15) is 15.2 Å². The molecule has 2 rings (SSSR count). The topological polar surface area (TPSA) is 66.0 Å². The molecule has 0 fully saturated rings. The van der Waals surface area contributed by atoms with Gasteiger partial charge in [0.25, 0.3) is 0 Å². The Balaban J connectivity index is 2.12. The summed E-state index contributed by atoms with van der Waals surface area (Å²) in [5.41, 5.74) is 3.30. The Bertz CT molecular complexity index is 474. The third-order valence-corrected chi connectivity index (χ3v) is 2.44. The Morgan fingerprint density at radius 3 is 2.69 bits per heavy atom. The van der Waals surface area contributed by atoms with Crippen LogP contribution >= 0.6 is 23.2 Å². The highest BCUT2D eigenvalue weighted by Gasteiger charge is 2.01. The number of nitrogens with zero attached hydrogens (tertiary/aromatic N) is 3. The normalized spacial score (nSPS) is 10.9. The smallest absolute Gasteiger partial charge is 0.239 e. The summed E-state index contributed by atoms with van der Waals surface area (Å²) in [6.45, 7) is 0. The summed E-state index contributed by atoms with van der Waals surface area (Å²) in [6, 6.07) is 5.25. The van der Waals surface area contributed by atoms with Crippen molar-refractivity contribution in [3.8, 4) is 0 Å². The molecule has 5 nitrogen and oxygen atoms in total. The van der Waals surface area contributed by atoms with E-state index in [9.17, 15) is 0 Å². The van der Waals surface area contributed by atoms with Crippen molar-refractivity contribution in [3.05, 3.63) is 40.1 Å². The quantitative estimate of drug-likeness (QED) is 0.655. The molecule has 2 N–H and O–H groups in total. The number of aromatic amines is 1. The van der Waals surface area contributed by atoms with Gasteiger partial charge in [-0.3, -0.25) is 0 Å². The molecule has 1 aromatic carbocycles. The molecular weight excluding hydrogens is 249 g/mol. The van der Waals surface area contributed by atoms with E-state index in [2.05, 4.69) is 25.7 Å². The van der Waals surface area contributed by atoms with Crippen LogP contribution in [0.1, 0.15) is 5.56 Å². The summed E-state index contributed by atoms with van der Waals surface area (Å²) in [5, 5.41) is 11.3. The first-order chi connectivity index (χ1) is 7.77. The zero-order chi connectivity index (χ0) is 11.4. The molecule has 1 heterocycles. The fraction of sp³-hybridized carbons (Fsp3) is 0. The monoisotopic (exact) mass is 255 g/mol. The summed E-state index contributed by atoms with van der Waals surface area (Å²) in [7, 11) is 0. The molecule has 82 valence electrons. The molecule has 0 radical (unpaired) electrons. The summed E-state index contributed by atoms with van der Waals surface area (Å²) >= 11 is 11.9. The maximum Gasteiger partial charge on any atom is 0.239 e. The zero-order valence-corrected chi connectivity index (χ0v) is 9.50. The second kappa shape index (κ2) is 4.96. The molecule has 0 amide bonds. The lowest BCUT2D eigenvalue weighted by Gasteiger charge is -1.99. The molecule has 0 saturated carbocycles. The number of hydrazone groups is 1. The van der Waals surface area contributed by atoms with Crippen molar-refractivity contribution in [2.75, 3.05) is 5.43 Å². The third kappa shape index (κ3) is 2.50. The van der Waals surface area contributed by atoms with Crippen LogP contribution < -0.4 is 5.43 Å². The molecule has 0 atom stereocenters. The van der Waals surface area contributed by atoms with Crippen molar-refractivity contribution >= 4 is 35.4 Å². The van der Waals surface area contributed by atoms with Gasteiger partial charge in [0.1, 0.15) is 6.33 Å². The first kappa shape index (κ1) is 10.9. The standard InChI is InChI=1S/C9H7Cl2N5/c10-7-2-1-3-8(11)6(7)4-13-15-9-12-5-14-16-9/h1-5H,(H2,12,14,15,16)/b13-4+. The minimum atomic E-state index is 0.444. The van der Waals surface area contributed by atoms with E-state index >= 15 is 0 Å². The van der Waals surface area contributed by atoms with Gasteiger partial charge < -0.3 is 0 Å². The fourth-order valence-electron chi connectivity index (χ4n) is 1.05. The highest BCUT2D eigenvalue weighted by Crippen LogP contribution is 2.22. The van der Waals surface area contributed by atoms with Crippen molar-refractivity contribution in [1.29, 1.82) is 0 Å². The predicted molar refractivity (Wildman–Crippen MR) is 64.1 cm³/mol. The van der Waals surface area contributed by atoms with Gasteiger partial charge in [0, 0.05) is 5.56 Å². The van der Waals surface area contributed by atoms with Gasteiger partial charge in [-0.1, -0.05) is 29.3 Å². The van der Waals surface area contributed by atoms with E-state index in [1.54, 1.807) is 18.2 Å². The van der Waals surface area contributed by atoms with Crippen molar-refractivity contribution in [2.24, 2.45) is 5.10 Å². The number of hydrogen-bond donors (Lipinski definition) is 2. The van der Waals surface area contributed by atoms with Crippen LogP contribution in [0.2, 0.25) is 10.0 Å². The van der Waals surface area contributed by atoms with Gasteiger partial charge in [0.05, 0.1) is 16.3 Å². The molecule has 0 saturated heterocycles. The Morgan fingerprint density at radius 1 is 1.31 bits per heavy atom. The maximum atomic E-state index is 5.95. The van der Waals surface area contributed by atoms with E-state index in [0.717, 1.165) is 0 Å². The van der Waals surface area contributed by atoms with Gasteiger partial charge in [-0.15, -0.1) is 0 Å². The second-order valence-corrected chi connectivity index (χ2v) is 3.65. The largest absolute Gasteiger partial charge is 0.246 e. The van der Waals surface area contributed by atoms with Crippen LogP contribution in [-0.4, -0.2) is 21.4 Å². The fourth-order valence-corrected chi connectivity index (χ4v) is 1.55. The van der Waals surface area contributed by atoms with Crippen LogP contribution in [0, 0.1) is 0 Å². The summed E-state index contributed by atoms with van der Waals surface area (Å²) in [6.07, 6.45) is 2.90. The Kier molecular flexibility index (Phi) is 3.38. The molecule has 0 bridgehead atoms. The lowest BCUT2D eigenvalue weighted by Crippen LogP contribution is -1.93. The van der Waals surface area contributed by atoms with Crippen LogP contribution in [0.25, 0.3) is 0 Å². The Labute approximate surface area is 101 Å². The molecule has 0 unspecified atom stereocenters. The lowest BCUT2D eigenvalue weighted by atomic mass is 10.2. The average Bonchev–Trinajstić information content (AvgIpc) is 2.75. The number of nitrogens with one attached hydrogen (secondary N) is 2. The van der Waals surface area contributed by atoms with Crippen molar-refractivity contribution < 1.29 is 0 Å². The molecule has 0 aliphatic carbocycles. The van der Waals surface area contributed by atoms with E-state index in [4.69, 9.17) is 23.2 Å². The number of aromatic nitrogens is 3. The predicted octanol–water partition coefficient (Wildman–Crippen LogP) is 2.56. The van der Waals surface area contributed by atoms with Gasteiger partial charge in [0.2, 0.25) is 5.95 Å². The number of rotatable bonds is 3. The van der Waals surface area contributed by atoms with Crippen molar-refractivity contribution in [2.45, 2.75) is 0 Å². The first-order valence-electron chi connectivity index (χ1n) is 4.36. The SMILES string of the molecule is Clc1cccc(Cl)c1/C=N/Nc1ncn[nH]1. The Hall–Kier alpha value is -1.59. The lowest BCUT2D eigenvalue weighted by molar-refractivity contribution is 1.08. The van der Waals surface area contributed by atoms with E-state index in [-0.39, 0.29) is 0 Å². The van der Waals surface area contributed by atoms with Gasteiger partial charge in [0.15, 0.2) is 0 Å². The number of halogens is 2. The van der Waals surface area contributed by atoms with Gasteiger partial charge in [-0.25, -0.2) is 10.5 Å². The van der Waals surface area contributed by atoms with E-state index in [1.807, 2.05) is 0 Å². The van der Waals surface area contributed by atoms with Crippen LogP contribution in [0.15, 0.2) is 29.6 Å². The maximum absolute atomic E-state index is 5.95. The zero-order valence-electron chi connectivity index (χ0n) is 7.98. The van der Waals surface area contributed by atoms with E-state index in [1.165, 1.54) is 12.5 Å². The summed E-state index contributed by atoms with van der Waals surface area (Å²) in [5.74, 6) is 0.444. The van der Waals surface area contributed by atoms with Crippen LogP contribution in [-0.2, 0) is 0 Å². The number of hydrogen-bond acceptors (Lipinski definition) is 4. The van der Waals surface area contributed by atoms with Crippen molar-refractivity contribution in [3.63, 3.8) is 0 Å². The molecule has 0 aliphatic heterocycles. The third-order valence-electron chi connectivity index (χ3n) is 1.78. The highest BCUT2D eigenvalue weighted by atomic mass is 35.5. The molecule has 7 heteroatoms. The highest BCUT2D eigenvalue weighted by molar-refractivity contribution is 6.38. The van der Waals surface area contributed by atoms with Gasteiger partial charge >= 0.3 is 0 Å². The number of benzene rings is 1. The average molecular weight is 256 g/mol. The van der Waals surface area contributed by atoms with Crippen LogP contribution in [0.5, 0.6) is 0 Å². The molecule has 1 aromatic heterocycles. The van der Waals surface area contributed by atoms with Gasteiger partial charge in [-0.05, 0) is 12.1 Å². The van der Waals surface area contributed by atoms with E-state index < -0.39 is 0 Å².